The van der Waals surface area contributed by atoms with Gasteiger partial charge in [0, 0.05) is 4.47 Å². The van der Waals surface area contributed by atoms with Crippen molar-refractivity contribution in [2.45, 2.75) is 20.1 Å². The van der Waals surface area contributed by atoms with E-state index in [2.05, 4.69) is 21.4 Å². The second-order valence-electron chi connectivity index (χ2n) is 4.24. The highest BCUT2D eigenvalue weighted by molar-refractivity contribution is 9.10. The summed E-state index contributed by atoms with van der Waals surface area (Å²) in [6.07, 6.45) is 0. The first-order chi connectivity index (χ1) is 9.61. The summed E-state index contributed by atoms with van der Waals surface area (Å²) in [4.78, 5) is 11.4. The van der Waals surface area contributed by atoms with Gasteiger partial charge in [-0.1, -0.05) is 34.1 Å². The van der Waals surface area contributed by atoms with Gasteiger partial charge in [-0.05, 0) is 24.6 Å². The predicted octanol–water partition coefficient (Wildman–Crippen LogP) is 2.67. The Morgan fingerprint density at radius 2 is 2.15 bits per heavy atom. The monoisotopic (exact) mass is 338 g/mol. The fourth-order valence-corrected chi connectivity index (χ4v) is 2.19. The molecule has 0 aliphatic heterocycles. The maximum atomic E-state index is 11.4. The molecule has 20 heavy (non-hydrogen) atoms. The molecule has 0 saturated carbocycles. The van der Waals surface area contributed by atoms with E-state index in [0.717, 1.165) is 10.0 Å². The van der Waals surface area contributed by atoms with E-state index in [4.69, 9.17) is 15.0 Å². The standard InChI is InChI=1S/C14H15BrN2O3/c1-9-12(14(18)17-16)6-11(20-9)8-19-7-10-4-2-3-5-13(10)15/h2-6H,7-8,16H2,1H3,(H,17,18). The number of amides is 1. The van der Waals surface area contributed by atoms with Crippen molar-refractivity contribution in [3.05, 3.63) is 57.5 Å². The second-order valence-corrected chi connectivity index (χ2v) is 5.09. The SMILES string of the molecule is Cc1oc(COCc2ccccc2Br)cc1C(=O)NN. The van der Waals surface area contributed by atoms with Gasteiger partial charge in [0.15, 0.2) is 0 Å². The zero-order valence-electron chi connectivity index (χ0n) is 11.0. The lowest BCUT2D eigenvalue weighted by molar-refractivity contribution is 0.0919. The Morgan fingerprint density at radius 1 is 1.40 bits per heavy atom. The molecule has 0 unspecified atom stereocenters. The van der Waals surface area contributed by atoms with E-state index < -0.39 is 0 Å². The molecule has 1 amide bonds. The molecule has 2 aromatic rings. The first-order valence-corrected chi connectivity index (χ1v) is 6.82. The molecule has 0 aliphatic carbocycles. The summed E-state index contributed by atoms with van der Waals surface area (Å²) in [5, 5.41) is 0. The summed E-state index contributed by atoms with van der Waals surface area (Å²) in [7, 11) is 0. The lowest BCUT2D eigenvalue weighted by Gasteiger charge is -2.04. The summed E-state index contributed by atoms with van der Waals surface area (Å²) in [5.74, 6) is 5.84. The van der Waals surface area contributed by atoms with Crippen LogP contribution in [0.4, 0.5) is 0 Å². The Bertz CT molecular complexity index is 610. The summed E-state index contributed by atoms with van der Waals surface area (Å²) < 4.78 is 12.0. The maximum Gasteiger partial charge on any atom is 0.268 e. The van der Waals surface area contributed by atoms with E-state index in [0.29, 0.717) is 30.3 Å². The first kappa shape index (κ1) is 14.8. The smallest absolute Gasteiger partial charge is 0.268 e. The Labute approximate surface area is 125 Å². The average molecular weight is 339 g/mol. The molecule has 1 aromatic carbocycles. The van der Waals surface area contributed by atoms with Crippen molar-refractivity contribution in [2.24, 2.45) is 5.84 Å². The van der Waals surface area contributed by atoms with Crippen LogP contribution in [0.15, 0.2) is 39.2 Å². The van der Waals surface area contributed by atoms with Crippen molar-refractivity contribution < 1.29 is 13.9 Å². The lowest BCUT2D eigenvalue weighted by Crippen LogP contribution is -2.30. The molecular weight excluding hydrogens is 324 g/mol. The van der Waals surface area contributed by atoms with Crippen molar-refractivity contribution in [1.82, 2.24) is 5.43 Å². The molecular formula is C14H15BrN2O3. The molecule has 0 radical (unpaired) electrons. The van der Waals surface area contributed by atoms with Gasteiger partial charge < -0.3 is 9.15 Å². The number of carbonyl (C=O) groups excluding carboxylic acids is 1. The summed E-state index contributed by atoms with van der Waals surface area (Å²) in [5.41, 5.74) is 3.55. The van der Waals surface area contributed by atoms with Crippen LogP contribution in [0.3, 0.4) is 0 Å². The van der Waals surface area contributed by atoms with E-state index in [9.17, 15) is 4.79 Å². The topological polar surface area (TPSA) is 77.5 Å². The molecule has 2 rings (SSSR count). The number of nitrogens with two attached hydrogens (primary N) is 1. The molecule has 3 N–H and O–H groups in total. The minimum Gasteiger partial charge on any atom is -0.463 e. The largest absolute Gasteiger partial charge is 0.463 e. The van der Waals surface area contributed by atoms with Crippen molar-refractivity contribution >= 4 is 21.8 Å². The van der Waals surface area contributed by atoms with Gasteiger partial charge in [0.05, 0.1) is 12.2 Å². The van der Waals surface area contributed by atoms with Crippen molar-refractivity contribution in [3.63, 3.8) is 0 Å². The molecule has 0 fully saturated rings. The number of ether oxygens (including phenoxy) is 1. The third kappa shape index (κ3) is 3.47. The van der Waals surface area contributed by atoms with Crippen LogP contribution in [0.2, 0.25) is 0 Å². The number of nitrogen functional groups attached to an aromatic ring is 1. The fraction of sp³-hybridized carbons (Fsp3) is 0.214. The Morgan fingerprint density at radius 3 is 2.85 bits per heavy atom. The summed E-state index contributed by atoms with van der Waals surface area (Å²) in [6, 6.07) is 9.47. The average Bonchev–Trinajstić information content (AvgIpc) is 2.81. The fourth-order valence-electron chi connectivity index (χ4n) is 1.80. The number of aryl methyl sites for hydroxylation is 1. The zero-order valence-corrected chi connectivity index (χ0v) is 12.6. The van der Waals surface area contributed by atoms with Gasteiger partial charge in [0.1, 0.15) is 18.1 Å². The summed E-state index contributed by atoms with van der Waals surface area (Å²) >= 11 is 3.46. The van der Waals surface area contributed by atoms with E-state index in [1.165, 1.54) is 0 Å². The molecule has 1 aromatic heterocycles. The molecule has 0 aliphatic rings. The van der Waals surface area contributed by atoms with Crippen molar-refractivity contribution in [2.75, 3.05) is 0 Å². The highest BCUT2D eigenvalue weighted by Gasteiger charge is 2.13. The van der Waals surface area contributed by atoms with Crippen LogP contribution in [-0.4, -0.2) is 5.91 Å². The van der Waals surface area contributed by atoms with Gasteiger partial charge in [-0.25, -0.2) is 5.84 Å². The van der Waals surface area contributed by atoms with Crippen LogP contribution >= 0.6 is 15.9 Å². The maximum absolute atomic E-state index is 11.4. The number of halogens is 1. The number of hydrogen-bond donors (Lipinski definition) is 2. The van der Waals surface area contributed by atoms with Crippen molar-refractivity contribution in [3.8, 4) is 0 Å². The van der Waals surface area contributed by atoms with Crippen LogP contribution in [0.1, 0.15) is 27.4 Å². The minimum atomic E-state index is -0.372. The van der Waals surface area contributed by atoms with Gasteiger partial charge in [-0.15, -0.1) is 0 Å². The Hall–Kier alpha value is -1.63. The number of hydrazine groups is 1. The van der Waals surface area contributed by atoms with Crippen LogP contribution in [0.25, 0.3) is 0 Å². The molecule has 0 bridgehead atoms. The van der Waals surface area contributed by atoms with Gasteiger partial charge in [0.2, 0.25) is 0 Å². The molecule has 0 spiro atoms. The predicted molar refractivity (Wildman–Crippen MR) is 77.7 cm³/mol. The number of furan rings is 1. The molecule has 0 atom stereocenters. The molecule has 106 valence electrons. The van der Waals surface area contributed by atoms with Gasteiger partial charge in [0.25, 0.3) is 5.91 Å². The summed E-state index contributed by atoms with van der Waals surface area (Å²) in [6.45, 7) is 2.46. The highest BCUT2D eigenvalue weighted by Crippen LogP contribution is 2.19. The molecule has 0 saturated heterocycles. The minimum absolute atomic E-state index is 0.292. The third-order valence-corrected chi connectivity index (χ3v) is 3.58. The Kier molecular flexibility index (Phi) is 4.94. The van der Waals surface area contributed by atoms with Crippen LogP contribution in [0, 0.1) is 6.92 Å². The number of benzene rings is 1. The van der Waals surface area contributed by atoms with E-state index in [1.54, 1.807) is 13.0 Å². The lowest BCUT2D eigenvalue weighted by atomic mass is 10.2. The second kappa shape index (κ2) is 6.69. The molecule has 5 nitrogen and oxygen atoms in total. The number of carbonyl (C=O) groups is 1. The number of rotatable bonds is 5. The quantitative estimate of drug-likeness (QED) is 0.499. The van der Waals surface area contributed by atoms with Crippen LogP contribution < -0.4 is 11.3 Å². The number of nitrogens with one attached hydrogen (secondary N) is 1. The van der Waals surface area contributed by atoms with Crippen molar-refractivity contribution in [1.29, 1.82) is 0 Å². The van der Waals surface area contributed by atoms with Crippen LogP contribution in [0.5, 0.6) is 0 Å². The van der Waals surface area contributed by atoms with E-state index in [-0.39, 0.29) is 5.91 Å². The number of hydrogen-bond acceptors (Lipinski definition) is 4. The van der Waals surface area contributed by atoms with Gasteiger partial charge in [-0.3, -0.25) is 10.2 Å². The molecule has 6 heteroatoms. The van der Waals surface area contributed by atoms with Crippen LogP contribution in [-0.2, 0) is 18.0 Å². The zero-order chi connectivity index (χ0) is 14.5. The van der Waals surface area contributed by atoms with E-state index >= 15 is 0 Å². The highest BCUT2D eigenvalue weighted by atomic mass is 79.9. The Balaban J connectivity index is 1.95. The molecule has 1 heterocycles. The normalized spacial score (nSPS) is 10.6. The van der Waals surface area contributed by atoms with E-state index in [1.807, 2.05) is 24.3 Å². The van der Waals surface area contributed by atoms with Gasteiger partial charge in [-0.2, -0.15) is 0 Å². The van der Waals surface area contributed by atoms with Gasteiger partial charge >= 0.3 is 0 Å². The first-order valence-electron chi connectivity index (χ1n) is 6.03. The third-order valence-electron chi connectivity index (χ3n) is 2.80.